The second-order valence-corrected chi connectivity index (χ2v) is 7.08. The number of hydrogen-bond donors (Lipinski definition) is 0. The van der Waals surface area contributed by atoms with Gasteiger partial charge in [0.05, 0.1) is 5.75 Å². The molecule has 0 bridgehead atoms. The third-order valence-electron chi connectivity index (χ3n) is 4.42. The molecule has 0 N–H and O–H groups in total. The van der Waals surface area contributed by atoms with E-state index < -0.39 is 0 Å². The first-order chi connectivity index (χ1) is 11.7. The fourth-order valence-corrected chi connectivity index (χ4v) is 3.98. The molecular formula is C18H24N4OS. The number of rotatable bonds is 6. The van der Waals surface area contributed by atoms with Crippen LogP contribution in [0.15, 0.2) is 24.3 Å². The largest absolute Gasteiger partial charge is 0.339 e. The smallest absolute Gasteiger partial charge is 0.253 e. The second-order valence-electron chi connectivity index (χ2n) is 6.10. The van der Waals surface area contributed by atoms with Crippen molar-refractivity contribution in [3.63, 3.8) is 0 Å². The predicted octanol–water partition coefficient (Wildman–Crippen LogP) is 3.28. The van der Waals surface area contributed by atoms with Gasteiger partial charge in [-0.15, -0.1) is 22.0 Å². The lowest BCUT2D eigenvalue weighted by Gasteiger charge is -2.15. The summed E-state index contributed by atoms with van der Waals surface area (Å²) in [6, 6.07) is 8.03. The van der Waals surface area contributed by atoms with Crippen LogP contribution in [0.4, 0.5) is 0 Å². The number of likely N-dealkylation sites (tertiary alicyclic amines) is 1. The summed E-state index contributed by atoms with van der Waals surface area (Å²) in [4.78, 5) is 14.3. The quantitative estimate of drug-likeness (QED) is 0.807. The Hall–Kier alpha value is -1.82. The van der Waals surface area contributed by atoms with E-state index in [0.29, 0.717) is 0 Å². The van der Waals surface area contributed by atoms with Gasteiger partial charge in [-0.1, -0.05) is 12.1 Å². The zero-order valence-electron chi connectivity index (χ0n) is 14.4. The van der Waals surface area contributed by atoms with E-state index in [2.05, 4.69) is 33.8 Å². The molecule has 6 heteroatoms. The Balaban J connectivity index is 1.53. The summed E-state index contributed by atoms with van der Waals surface area (Å²) in [6.07, 6.45) is 2.25. The number of thioether (sulfide) groups is 1. The van der Waals surface area contributed by atoms with Crippen molar-refractivity contribution in [2.45, 2.75) is 44.7 Å². The summed E-state index contributed by atoms with van der Waals surface area (Å²) in [5.41, 5.74) is 2.03. The molecule has 1 aliphatic rings. The molecule has 1 aromatic heterocycles. The Labute approximate surface area is 147 Å². The topological polar surface area (TPSA) is 51.0 Å². The number of nitrogens with zero attached hydrogens (tertiary/aromatic N) is 4. The Kier molecular flexibility index (Phi) is 5.56. The van der Waals surface area contributed by atoms with Crippen LogP contribution in [0.1, 0.15) is 47.3 Å². The number of aryl methyl sites for hydroxylation is 1. The van der Waals surface area contributed by atoms with Crippen molar-refractivity contribution >= 4 is 17.7 Å². The molecule has 0 atom stereocenters. The van der Waals surface area contributed by atoms with Crippen LogP contribution in [0.2, 0.25) is 0 Å². The van der Waals surface area contributed by atoms with Crippen LogP contribution >= 0.6 is 11.8 Å². The van der Waals surface area contributed by atoms with Crippen molar-refractivity contribution < 1.29 is 4.79 Å². The highest BCUT2D eigenvalue weighted by molar-refractivity contribution is 7.97. The molecule has 1 aromatic carbocycles. The first kappa shape index (κ1) is 17.0. The number of hydrogen-bond acceptors (Lipinski definition) is 4. The van der Waals surface area contributed by atoms with Crippen LogP contribution in [0.5, 0.6) is 0 Å². The molecule has 1 aliphatic heterocycles. The average Bonchev–Trinajstić information content (AvgIpc) is 3.25. The van der Waals surface area contributed by atoms with E-state index in [0.717, 1.165) is 61.2 Å². The highest BCUT2D eigenvalue weighted by Crippen LogP contribution is 2.19. The van der Waals surface area contributed by atoms with E-state index in [4.69, 9.17) is 0 Å². The number of carbonyl (C=O) groups excluding carboxylic acids is 1. The molecule has 5 nitrogen and oxygen atoms in total. The molecule has 0 aliphatic carbocycles. The fourth-order valence-electron chi connectivity index (χ4n) is 3.05. The number of benzene rings is 1. The lowest BCUT2D eigenvalue weighted by Crippen LogP contribution is -2.27. The van der Waals surface area contributed by atoms with Crippen LogP contribution < -0.4 is 0 Å². The maximum atomic E-state index is 12.3. The van der Waals surface area contributed by atoms with Crippen molar-refractivity contribution in [2.75, 3.05) is 13.1 Å². The van der Waals surface area contributed by atoms with Crippen LogP contribution in [-0.2, 0) is 18.1 Å². The van der Waals surface area contributed by atoms with E-state index in [9.17, 15) is 4.79 Å². The average molecular weight is 344 g/mol. The SMILES string of the molecule is CCn1c(C)nnc1CSCc1ccc(C(=O)N2CCCC2)cc1. The van der Waals surface area contributed by atoms with E-state index >= 15 is 0 Å². The van der Waals surface area contributed by atoms with E-state index in [1.54, 1.807) is 0 Å². The predicted molar refractivity (Wildman–Crippen MR) is 97.0 cm³/mol. The molecule has 0 unspecified atom stereocenters. The molecule has 1 saturated heterocycles. The van der Waals surface area contributed by atoms with E-state index in [-0.39, 0.29) is 5.91 Å². The van der Waals surface area contributed by atoms with Gasteiger partial charge >= 0.3 is 0 Å². The van der Waals surface area contributed by atoms with Crippen LogP contribution in [0.25, 0.3) is 0 Å². The maximum absolute atomic E-state index is 12.3. The van der Waals surface area contributed by atoms with Crippen molar-refractivity contribution in [2.24, 2.45) is 0 Å². The number of aromatic nitrogens is 3. The highest BCUT2D eigenvalue weighted by atomic mass is 32.2. The molecule has 0 radical (unpaired) electrons. The first-order valence-corrected chi connectivity index (χ1v) is 9.69. The molecule has 0 saturated carbocycles. The third kappa shape index (κ3) is 3.80. The van der Waals surface area contributed by atoms with Crippen LogP contribution in [0.3, 0.4) is 0 Å². The maximum Gasteiger partial charge on any atom is 0.253 e. The molecule has 1 amide bonds. The van der Waals surface area contributed by atoms with Crippen molar-refractivity contribution in [3.8, 4) is 0 Å². The minimum absolute atomic E-state index is 0.165. The minimum Gasteiger partial charge on any atom is -0.339 e. The van der Waals surface area contributed by atoms with E-state index in [1.807, 2.05) is 35.7 Å². The fraction of sp³-hybridized carbons (Fsp3) is 0.500. The molecule has 2 aromatic rings. The van der Waals surface area contributed by atoms with E-state index in [1.165, 1.54) is 5.56 Å². The number of carbonyl (C=O) groups is 1. The van der Waals surface area contributed by atoms with Gasteiger partial charge in [-0.25, -0.2) is 0 Å². The van der Waals surface area contributed by atoms with Crippen molar-refractivity contribution in [1.82, 2.24) is 19.7 Å². The van der Waals surface area contributed by atoms with Gasteiger partial charge in [0.15, 0.2) is 0 Å². The van der Waals surface area contributed by atoms with Gasteiger partial charge in [0.25, 0.3) is 5.91 Å². The molecule has 128 valence electrons. The highest BCUT2D eigenvalue weighted by Gasteiger charge is 2.19. The summed E-state index contributed by atoms with van der Waals surface area (Å²) in [5.74, 6) is 3.92. The minimum atomic E-state index is 0.165. The summed E-state index contributed by atoms with van der Waals surface area (Å²) in [5, 5.41) is 8.38. The van der Waals surface area contributed by atoms with Crippen LogP contribution in [0, 0.1) is 6.92 Å². The zero-order valence-corrected chi connectivity index (χ0v) is 15.2. The van der Waals surface area contributed by atoms with Crippen molar-refractivity contribution in [1.29, 1.82) is 0 Å². The standard InChI is InChI=1S/C18H24N4OS/c1-3-22-14(2)19-20-17(22)13-24-12-15-6-8-16(9-7-15)18(23)21-10-4-5-11-21/h6-9H,3-5,10-13H2,1-2H3. The molecular weight excluding hydrogens is 320 g/mol. The van der Waals surface area contributed by atoms with Gasteiger partial charge in [-0.2, -0.15) is 0 Å². The Bertz CT molecular complexity index is 690. The van der Waals surface area contributed by atoms with Gasteiger partial charge in [-0.3, -0.25) is 4.79 Å². The van der Waals surface area contributed by atoms with Gasteiger partial charge in [0.1, 0.15) is 11.6 Å². The molecule has 1 fully saturated rings. The Morgan fingerprint density at radius 2 is 1.83 bits per heavy atom. The van der Waals surface area contributed by atoms with Gasteiger partial charge in [0.2, 0.25) is 0 Å². The Morgan fingerprint density at radius 3 is 2.50 bits per heavy atom. The summed E-state index contributed by atoms with van der Waals surface area (Å²) in [6.45, 7) is 6.80. The lowest BCUT2D eigenvalue weighted by molar-refractivity contribution is 0.0793. The first-order valence-electron chi connectivity index (χ1n) is 8.53. The number of amides is 1. The molecule has 24 heavy (non-hydrogen) atoms. The lowest BCUT2D eigenvalue weighted by atomic mass is 10.1. The summed E-state index contributed by atoms with van der Waals surface area (Å²) in [7, 11) is 0. The second kappa shape index (κ2) is 7.83. The van der Waals surface area contributed by atoms with Crippen LogP contribution in [-0.4, -0.2) is 38.7 Å². The van der Waals surface area contributed by atoms with Gasteiger partial charge in [-0.05, 0) is 44.4 Å². The molecule has 0 spiro atoms. The summed E-state index contributed by atoms with van der Waals surface area (Å²) < 4.78 is 2.14. The van der Waals surface area contributed by atoms with Crippen molar-refractivity contribution in [3.05, 3.63) is 47.0 Å². The molecule has 3 rings (SSSR count). The zero-order chi connectivity index (χ0) is 16.9. The normalized spacial score (nSPS) is 14.3. The molecule has 2 heterocycles. The summed E-state index contributed by atoms with van der Waals surface area (Å²) >= 11 is 1.82. The monoisotopic (exact) mass is 344 g/mol. The van der Waals surface area contributed by atoms with Gasteiger partial charge in [0, 0.05) is 31.0 Å². The Morgan fingerprint density at radius 1 is 1.12 bits per heavy atom. The van der Waals surface area contributed by atoms with Gasteiger partial charge < -0.3 is 9.47 Å². The third-order valence-corrected chi connectivity index (χ3v) is 5.42.